The number of benzene rings is 1. The van der Waals surface area contributed by atoms with Crippen LogP contribution >= 0.6 is 23.2 Å². The molecular weight excluding hydrogens is 239 g/mol. The van der Waals surface area contributed by atoms with Gasteiger partial charge >= 0.3 is 5.97 Å². The zero-order chi connectivity index (χ0) is 11.4. The molecule has 5 heteroatoms. The van der Waals surface area contributed by atoms with E-state index in [2.05, 4.69) is 0 Å². The van der Waals surface area contributed by atoms with Crippen LogP contribution in [0.25, 0.3) is 6.08 Å². The summed E-state index contributed by atoms with van der Waals surface area (Å²) in [5.74, 6) is -2.52. The van der Waals surface area contributed by atoms with Gasteiger partial charge in [0.25, 0.3) is 5.78 Å². The molecule has 0 saturated heterocycles. The number of ketones is 1. The number of aliphatic carboxylic acids is 1. The van der Waals surface area contributed by atoms with Gasteiger partial charge in [-0.05, 0) is 35.9 Å². The highest BCUT2D eigenvalue weighted by Gasteiger charge is 2.06. The number of carboxylic acids is 1. The van der Waals surface area contributed by atoms with Gasteiger partial charge < -0.3 is 5.11 Å². The van der Waals surface area contributed by atoms with E-state index in [4.69, 9.17) is 28.3 Å². The van der Waals surface area contributed by atoms with Gasteiger partial charge in [0.2, 0.25) is 0 Å². The van der Waals surface area contributed by atoms with E-state index in [-0.39, 0.29) is 0 Å². The van der Waals surface area contributed by atoms with E-state index in [1.54, 1.807) is 12.1 Å². The van der Waals surface area contributed by atoms with Gasteiger partial charge in [-0.3, -0.25) is 4.79 Å². The van der Waals surface area contributed by atoms with E-state index < -0.39 is 11.8 Å². The maximum atomic E-state index is 10.7. The van der Waals surface area contributed by atoms with E-state index >= 15 is 0 Å². The summed E-state index contributed by atoms with van der Waals surface area (Å²) < 4.78 is 0. The summed E-state index contributed by atoms with van der Waals surface area (Å²) in [6.45, 7) is 0. The molecule has 0 unspecified atom stereocenters. The maximum absolute atomic E-state index is 10.7. The first-order valence-corrected chi connectivity index (χ1v) is 4.66. The van der Waals surface area contributed by atoms with Crippen molar-refractivity contribution in [2.45, 2.75) is 0 Å². The van der Waals surface area contributed by atoms with Crippen LogP contribution in [0.5, 0.6) is 0 Å². The topological polar surface area (TPSA) is 54.4 Å². The molecule has 0 fully saturated rings. The molecular formula is C10H6Cl2O3. The minimum absolute atomic E-state index is 0.397. The van der Waals surface area contributed by atoms with Crippen molar-refractivity contribution >= 4 is 41.0 Å². The molecule has 0 radical (unpaired) electrons. The number of carbonyl (C=O) groups excluding carboxylic acids is 1. The SMILES string of the molecule is O=C(O)C(=O)/C=C/c1cc(Cl)ccc1Cl. The molecule has 1 aromatic rings. The molecule has 1 rings (SSSR count). The average molecular weight is 245 g/mol. The van der Waals surface area contributed by atoms with Crippen LogP contribution in [0, 0.1) is 0 Å². The Hall–Kier alpha value is -1.32. The predicted molar refractivity (Wildman–Crippen MR) is 58.1 cm³/mol. The Morgan fingerprint density at radius 3 is 2.53 bits per heavy atom. The number of hydrogen-bond donors (Lipinski definition) is 1. The molecule has 1 aromatic carbocycles. The lowest BCUT2D eigenvalue weighted by Gasteiger charge is -1.97. The van der Waals surface area contributed by atoms with Crippen LogP contribution in [-0.2, 0) is 9.59 Å². The highest BCUT2D eigenvalue weighted by atomic mass is 35.5. The zero-order valence-corrected chi connectivity index (χ0v) is 8.92. The van der Waals surface area contributed by atoms with E-state index in [0.29, 0.717) is 15.6 Å². The minimum Gasteiger partial charge on any atom is -0.475 e. The molecule has 78 valence electrons. The fourth-order valence-electron chi connectivity index (χ4n) is 0.879. The van der Waals surface area contributed by atoms with Crippen molar-refractivity contribution in [2.24, 2.45) is 0 Å². The monoisotopic (exact) mass is 244 g/mol. The first-order chi connectivity index (χ1) is 7.00. The molecule has 15 heavy (non-hydrogen) atoms. The van der Waals surface area contributed by atoms with Gasteiger partial charge in [-0.25, -0.2) is 4.79 Å². The second-order valence-corrected chi connectivity index (χ2v) is 3.51. The first-order valence-electron chi connectivity index (χ1n) is 3.91. The van der Waals surface area contributed by atoms with Crippen LogP contribution in [0.4, 0.5) is 0 Å². The molecule has 0 aliphatic heterocycles. The fourth-order valence-corrected chi connectivity index (χ4v) is 1.24. The molecule has 0 aliphatic rings. The highest BCUT2D eigenvalue weighted by molar-refractivity contribution is 6.38. The smallest absolute Gasteiger partial charge is 0.376 e. The normalized spacial score (nSPS) is 10.5. The molecule has 0 saturated carbocycles. The Morgan fingerprint density at radius 1 is 1.27 bits per heavy atom. The van der Waals surface area contributed by atoms with E-state index in [9.17, 15) is 9.59 Å². The summed E-state index contributed by atoms with van der Waals surface area (Å²) in [7, 11) is 0. The quantitative estimate of drug-likeness (QED) is 0.657. The van der Waals surface area contributed by atoms with Gasteiger partial charge in [0.1, 0.15) is 0 Å². The average Bonchev–Trinajstić information content (AvgIpc) is 2.18. The number of hydrogen-bond acceptors (Lipinski definition) is 2. The third-order valence-corrected chi connectivity index (χ3v) is 2.16. The Kier molecular flexibility index (Phi) is 3.88. The maximum Gasteiger partial charge on any atom is 0.376 e. The van der Waals surface area contributed by atoms with Gasteiger partial charge in [-0.15, -0.1) is 0 Å². The number of halogens is 2. The fraction of sp³-hybridized carbons (Fsp3) is 0. The Labute approximate surface area is 95.9 Å². The van der Waals surface area contributed by atoms with Gasteiger partial charge in [-0.2, -0.15) is 0 Å². The van der Waals surface area contributed by atoms with Crippen LogP contribution in [0.2, 0.25) is 10.0 Å². The molecule has 0 heterocycles. The molecule has 3 nitrogen and oxygen atoms in total. The van der Waals surface area contributed by atoms with Crippen molar-refractivity contribution in [3.8, 4) is 0 Å². The van der Waals surface area contributed by atoms with Crippen molar-refractivity contribution in [1.82, 2.24) is 0 Å². The van der Waals surface area contributed by atoms with Crippen molar-refractivity contribution in [3.05, 3.63) is 39.9 Å². The second-order valence-electron chi connectivity index (χ2n) is 2.67. The van der Waals surface area contributed by atoms with Gasteiger partial charge in [0.15, 0.2) is 0 Å². The van der Waals surface area contributed by atoms with E-state index in [0.717, 1.165) is 6.08 Å². The highest BCUT2D eigenvalue weighted by Crippen LogP contribution is 2.21. The van der Waals surface area contributed by atoms with Crippen LogP contribution < -0.4 is 0 Å². The van der Waals surface area contributed by atoms with Gasteiger partial charge in [0, 0.05) is 10.0 Å². The summed E-state index contributed by atoms with van der Waals surface area (Å²) in [4.78, 5) is 21.0. The van der Waals surface area contributed by atoms with Crippen molar-refractivity contribution in [1.29, 1.82) is 0 Å². The number of carbonyl (C=O) groups is 2. The molecule has 0 spiro atoms. The summed E-state index contributed by atoms with van der Waals surface area (Å²) in [5.41, 5.74) is 0.499. The molecule has 0 amide bonds. The second kappa shape index (κ2) is 4.96. The lowest BCUT2D eigenvalue weighted by molar-refractivity contribution is -0.146. The molecule has 0 aliphatic carbocycles. The lowest BCUT2D eigenvalue weighted by Crippen LogP contribution is -2.08. The summed E-state index contributed by atoms with van der Waals surface area (Å²) in [6.07, 6.45) is 2.24. The molecule has 0 bridgehead atoms. The minimum atomic E-state index is -1.51. The van der Waals surface area contributed by atoms with Crippen LogP contribution in [0.1, 0.15) is 5.56 Å². The molecule has 1 N–H and O–H groups in total. The van der Waals surface area contributed by atoms with Crippen LogP contribution in [-0.4, -0.2) is 16.9 Å². The van der Waals surface area contributed by atoms with Crippen molar-refractivity contribution in [3.63, 3.8) is 0 Å². The van der Waals surface area contributed by atoms with Gasteiger partial charge in [0.05, 0.1) is 0 Å². The third-order valence-electron chi connectivity index (χ3n) is 1.58. The Bertz CT molecular complexity index is 438. The van der Waals surface area contributed by atoms with E-state index in [1.165, 1.54) is 12.1 Å². The Balaban J connectivity index is 2.94. The Morgan fingerprint density at radius 2 is 1.93 bits per heavy atom. The lowest BCUT2D eigenvalue weighted by atomic mass is 10.2. The van der Waals surface area contributed by atoms with Crippen LogP contribution in [0.3, 0.4) is 0 Å². The summed E-state index contributed by atoms with van der Waals surface area (Å²) >= 11 is 11.5. The first kappa shape index (κ1) is 11.8. The zero-order valence-electron chi connectivity index (χ0n) is 7.41. The van der Waals surface area contributed by atoms with Crippen molar-refractivity contribution in [2.75, 3.05) is 0 Å². The number of rotatable bonds is 3. The van der Waals surface area contributed by atoms with E-state index in [1.807, 2.05) is 0 Å². The standard InChI is InChI=1S/C10H6Cl2O3/c11-7-2-3-8(12)6(5-7)1-4-9(13)10(14)15/h1-5H,(H,14,15)/b4-1+. The third kappa shape index (κ3) is 3.38. The largest absolute Gasteiger partial charge is 0.475 e. The summed E-state index contributed by atoms with van der Waals surface area (Å²) in [6, 6.07) is 4.70. The van der Waals surface area contributed by atoms with Crippen LogP contribution in [0.15, 0.2) is 24.3 Å². The molecule has 0 aromatic heterocycles. The number of carboxylic acid groups (broad SMARTS) is 1. The van der Waals surface area contributed by atoms with Gasteiger partial charge in [-0.1, -0.05) is 23.2 Å². The predicted octanol–water partition coefficient (Wildman–Crippen LogP) is 2.66. The molecule has 0 atom stereocenters. The van der Waals surface area contributed by atoms with Crippen molar-refractivity contribution < 1.29 is 14.7 Å². The summed E-state index contributed by atoms with van der Waals surface area (Å²) in [5, 5.41) is 9.18.